The van der Waals surface area contributed by atoms with E-state index in [0.717, 1.165) is 12.5 Å². The fourth-order valence-electron chi connectivity index (χ4n) is 2.37. The van der Waals surface area contributed by atoms with Crippen molar-refractivity contribution in [2.45, 2.75) is 38.3 Å². The summed E-state index contributed by atoms with van der Waals surface area (Å²) in [6, 6.07) is 2.29. The van der Waals surface area contributed by atoms with Crippen LogP contribution in [0.1, 0.15) is 31.2 Å². The van der Waals surface area contributed by atoms with Gasteiger partial charge in [0.2, 0.25) is 0 Å². The molecule has 3 rings (SSSR count). The zero-order valence-electron chi connectivity index (χ0n) is 10.8. The van der Waals surface area contributed by atoms with Gasteiger partial charge in [0.05, 0.1) is 0 Å². The van der Waals surface area contributed by atoms with Crippen LogP contribution in [0, 0.1) is 11.7 Å². The maximum atomic E-state index is 14.4. The van der Waals surface area contributed by atoms with Crippen molar-refractivity contribution in [2.24, 2.45) is 5.92 Å². The molecule has 1 aromatic rings. The molecule has 0 amide bonds. The zero-order chi connectivity index (χ0) is 12.5. The van der Waals surface area contributed by atoms with Gasteiger partial charge in [-0.15, -0.1) is 0 Å². The van der Waals surface area contributed by atoms with E-state index in [2.05, 4.69) is 15.2 Å². The Labute approximate surface area is 107 Å². The maximum Gasteiger partial charge on any atom is 0.170 e. The number of nitrogens with one attached hydrogen (secondary N) is 1. The Kier molecular flexibility index (Phi) is 3.20. The molecule has 0 spiro atoms. The average molecular weight is 249 g/mol. The Hall–Kier alpha value is -1.16. The van der Waals surface area contributed by atoms with Crippen LogP contribution >= 0.6 is 0 Å². The molecule has 1 heterocycles. The minimum absolute atomic E-state index is 0.139. The van der Waals surface area contributed by atoms with Crippen molar-refractivity contribution < 1.29 is 4.39 Å². The van der Waals surface area contributed by atoms with Crippen LogP contribution in [-0.2, 0) is 6.54 Å². The van der Waals surface area contributed by atoms with Crippen LogP contribution < -0.4 is 10.2 Å². The summed E-state index contributed by atoms with van der Waals surface area (Å²) in [5.74, 6) is 1.19. The van der Waals surface area contributed by atoms with Crippen LogP contribution in [-0.4, -0.2) is 24.6 Å². The van der Waals surface area contributed by atoms with Crippen molar-refractivity contribution in [1.82, 2.24) is 10.3 Å². The highest BCUT2D eigenvalue weighted by Gasteiger charge is 2.35. The van der Waals surface area contributed by atoms with E-state index in [1.807, 2.05) is 7.05 Å². The third-order valence-electron chi connectivity index (χ3n) is 3.73. The number of hydrogen-bond acceptors (Lipinski definition) is 3. The number of nitrogens with zero attached hydrogens (tertiary/aromatic N) is 2. The molecule has 0 bridgehead atoms. The van der Waals surface area contributed by atoms with Gasteiger partial charge in [0.1, 0.15) is 0 Å². The van der Waals surface area contributed by atoms with E-state index in [4.69, 9.17) is 0 Å². The second-order valence-electron chi connectivity index (χ2n) is 5.46. The van der Waals surface area contributed by atoms with Gasteiger partial charge in [0.25, 0.3) is 0 Å². The molecule has 0 aliphatic heterocycles. The summed E-state index contributed by atoms with van der Waals surface area (Å²) in [6.45, 7) is 1.54. The van der Waals surface area contributed by atoms with Gasteiger partial charge in [0.15, 0.2) is 11.6 Å². The molecular weight excluding hydrogens is 229 g/mol. The van der Waals surface area contributed by atoms with E-state index >= 15 is 0 Å². The first-order chi connectivity index (χ1) is 8.79. The normalized spacial score (nSPS) is 19.0. The highest BCUT2D eigenvalue weighted by atomic mass is 19.1. The molecule has 1 aromatic heterocycles. The summed E-state index contributed by atoms with van der Waals surface area (Å²) in [5.41, 5.74) is 0.712. The Morgan fingerprint density at radius 1 is 1.39 bits per heavy atom. The number of pyridine rings is 1. The molecule has 0 atom stereocenters. The highest BCUT2D eigenvalue weighted by Crippen LogP contribution is 2.38. The van der Waals surface area contributed by atoms with Gasteiger partial charge >= 0.3 is 0 Å². The van der Waals surface area contributed by atoms with Crippen LogP contribution in [0.4, 0.5) is 10.2 Å². The summed E-state index contributed by atoms with van der Waals surface area (Å²) in [4.78, 5) is 6.49. The first-order valence-electron chi connectivity index (χ1n) is 6.84. The van der Waals surface area contributed by atoms with Gasteiger partial charge in [-0.2, -0.15) is 0 Å². The van der Waals surface area contributed by atoms with Crippen LogP contribution in [0.25, 0.3) is 0 Å². The summed E-state index contributed by atoms with van der Waals surface area (Å²) >= 11 is 0. The molecule has 4 heteroatoms. The second kappa shape index (κ2) is 4.84. The van der Waals surface area contributed by atoms with Crippen molar-refractivity contribution in [1.29, 1.82) is 0 Å². The minimum Gasteiger partial charge on any atom is -0.351 e. The lowest BCUT2D eigenvalue weighted by Gasteiger charge is -2.24. The molecule has 0 unspecified atom stereocenters. The average Bonchev–Trinajstić information content (AvgIpc) is 3.24. The predicted octanol–water partition coefficient (Wildman–Crippen LogP) is 2.32. The zero-order valence-corrected chi connectivity index (χ0v) is 10.8. The van der Waals surface area contributed by atoms with Gasteiger partial charge in [0, 0.05) is 30.9 Å². The number of anilines is 1. The van der Waals surface area contributed by atoms with E-state index in [0.29, 0.717) is 24.0 Å². The predicted molar refractivity (Wildman–Crippen MR) is 70.1 cm³/mol. The molecular formula is C14H20FN3. The maximum absolute atomic E-state index is 14.4. The third-order valence-corrected chi connectivity index (χ3v) is 3.73. The largest absolute Gasteiger partial charge is 0.351 e. The van der Waals surface area contributed by atoms with Gasteiger partial charge in [-0.1, -0.05) is 0 Å². The molecule has 3 nitrogen and oxygen atoms in total. The smallest absolute Gasteiger partial charge is 0.170 e. The molecule has 2 aliphatic rings. The number of hydrogen-bond donors (Lipinski definition) is 1. The standard InChI is InChI=1S/C14H20FN3/c1-16-8-11-6-7-17-14(13(11)15)18(12-4-5-12)9-10-2-3-10/h6-7,10,12,16H,2-5,8-9H2,1H3. The molecule has 98 valence electrons. The van der Waals surface area contributed by atoms with E-state index < -0.39 is 0 Å². The highest BCUT2D eigenvalue weighted by molar-refractivity contribution is 5.45. The minimum atomic E-state index is -0.139. The van der Waals surface area contributed by atoms with Crippen molar-refractivity contribution in [2.75, 3.05) is 18.5 Å². The summed E-state index contributed by atoms with van der Waals surface area (Å²) in [5, 5.41) is 3.00. The lowest BCUT2D eigenvalue weighted by Crippen LogP contribution is -2.30. The molecule has 0 aromatic carbocycles. The second-order valence-corrected chi connectivity index (χ2v) is 5.46. The topological polar surface area (TPSA) is 28.2 Å². The van der Waals surface area contributed by atoms with Gasteiger partial charge in [-0.3, -0.25) is 0 Å². The van der Waals surface area contributed by atoms with E-state index in [1.165, 1.54) is 25.7 Å². The Morgan fingerprint density at radius 2 is 2.17 bits per heavy atom. The van der Waals surface area contributed by atoms with Crippen LogP contribution in [0.2, 0.25) is 0 Å². The number of halogens is 1. The molecule has 1 N–H and O–H groups in total. The first-order valence-corrected chi connectivity index (χ1v) is 6.84. The summed E-state index contributed by atoms with van der Waals surface area (Å²) in [6.07, 6.45) is 6.68. The van der Waals surface area contributed by atoms with Gasteiger partial charge in [-0.05, 0) is 44.7 Å². The quantitative estimate of drug-likeness (QED) is 0.838. The molecule has 18 heavy (non-hydrogen) atoms. The fourth-order valence-corrected chi connectivity index (χ4v) is 2.37. The summed E-state index contributed by atoms with van der Waals surface area (Å²) < 4.78 is 14.4. The van der Waals surface area contributed by atoms with Crippen LogP contribution in [0.5, 0.6) is 0 Å². The van der Waals surface area contributed by atoms with Crippen molar-refractivity contribution in [3.8, 4) is 0 Å². The number of rotatable bonds is 6. The molecule has 0 saturated heterocycles. The van der Waals surface area contributed by atoms with Crippen molar-refractivity contribution in [3.05, 3.63) is 23.6 Å². The molecule has 2 aliphatic carbocycles. The van der Waals surface area contributed by atoms with E-state index in [-0.39, 0.29) is 5.82 Å². The molecule has 0 radical (unpaired) electrons. The van der Waals surface area contributed by atoms with Crippen LogP contribution in [0.3, 0.4) is 0 Å². The van der Waals surface area contributed by atoms with Gasteiger partial charge in [-0.25, -0.2) is 9.37 Å². The monoisotopic (exact) mass is 249 g/mol. The summed E-state index contributed by atoms with van der Waals surface area (Å²) in [7, 11) is 1.84. The van der Waals surface area contributed by atoms with Crippen molar-refractivity contribution in [3.63, 3.8) is 0 Å². The fraction of sp³-hybridized carbons (Fsp3) is 0.643. The van der Waals surface area contributed by atoms with Crippen LogP contribution in [0.15, 0.2) is 12.3 Å². The SMILES string of the molecule is CNCc1ccnc(N(CC2CC2)C2CC2)c1F. The van der Waals surface area contributed by atoms with E-state index in [9.17, 15) is 4.39 Å². The lowest BCUT2D eigenvalue weighted by atomic mass is 10.2. The van der Waals surface area contributed by atoms with Gasteiger partial charge < -0.3 is 10.2 Å². The number of aromatic nitrogens is 1. The van der Waals surface area contributed by atoms with E-state index in [1.54, 1.807) is 12.3 Å². The third kappa shape index (κ3) is 2.48. The lowest BCUT2D eigenvalue weighted by molar-refractivity contribution is 0.578. The first kappa shape index (κ1) is 11.9. The van der Waals surface area contributed by atoms with Crippen molar-refractivity contribution >= 4 is 5.82 Å². The Balaban J connectivity index is 1.85. The Morgan fingerprint density at radius 3 is 2.78 bits per heavy atom. The molecule has 2 saturated carbocycles. The molecule has 2 fully saturated rings. The Bertz CT molecular complexity index is 427.